The van der Waals surface area contributed by atoms with Gasteiger partial charge in [0.1, 0.15) is 0 Å². The molecule has 154 valence electrons. The Hall–Kier alpha value is -2.89. The third-order valence-corrected chi connectivity index (χ3v) is 5.52. The first-order valence-electron chi connectivity index (χ1n) is 10.3. The number of hydrogen-bond acceptors (Lipinski definition) is 3. The number of likely N-dealkylation sites (tertiary alicyclic amines) is 1. The number of hydrogen-bond donors (Lipinski definition) is 1. The molecule has 0 saturated carbocycles. The SMILES string of the molecule is Cc1ccc(-n2c(C)cc(C=NNC(=O)C(=O)N3CCCCCC3)c2C)c(C)c1. The van der Waals surface area contributed by atoms with E-state index in [2.05, 4.69) is 47.1 Å². The van der Waals surface area contributed by atoms with Gasteiger partial charge in [0.05, 0.1) is 6.21 Å². The summed E-state index contributed by atoms with van der Waals surface area (Å²) in [5.74, 6) is -1.17. The van der Waals surface area contributed by atoms with Crippen LogP contribution in [0.15, 0.2) is 29.4 Å². The topological polar surface area (TPSA) is 66.7 Å². The van der Waals surface area contributed by atoms with Crippen molar-refractivity contribution in [2.75, 3.05) is 13.1 Å². The van der Waals surface area contributed by atoms with E-state index >= 15 is 0 Å². The van der Waals surface area contributed by atoms with Crippen molar-refractivity contribution < 1.29 is 9.59 Å². The van der Waals surface area contributed by atoms with Gasteiger partial charge < -0.3 is 9.47 Å². The Morgan fingerprint density at radius 3 is 2.34 bits per heavy atom. The molecule has 0 spiro atoms. The van der Waals surface area contributed by atoms with E-state index in [1.807, 2.05) is 19.9 Å². The van der Waals surface area contributed by atoms with Gasteiger partial charge in [-0.2, -0.15) is 5.10 Å². The van der Waals surface area contributed by atoms with E-state index < -0.39 is 11.8 Å². The van der Waals surface area contributed by atoms with Crippen molar-refractivity contribution in [3.05, 3.63) is 52.3 Å². The Labute approximate surface area is 172 Å². The van der Waals surface area contributed by atoms with Crippen LogP contribution in [0.3, 0.4) is 0 Å². The summed E-state index contributed by atoms with van der Waals surface area (Å²) in [6, 6.07) is 8.41. The molecule has 2 heterocycles. The maximum Gasteiger partial charge on any atom is 0.329 e. The van der Waals surface area contributed by atoms with Crippen LogP contribution in [-0.2, 0) is 9.59 Å². The van der Waals surface area contributed by atoms with Crippen LogP contribution in [0.5, 0.6) is 0 Å². The van der Waals surface area contributed by atoms with Crippen molar-refractivity contribution >= 4 is 18.0 Å². The predicted octanol–water partition coefficient (Wildman–Crippen LogP) is 3.56. The smallest absolute Gasteiger partial charge is 0.329 e. The van der Waals surface area contributed by atoms with Crippen molar-refractivity contribution in [3.8, 4) is 5.69 Å². The third kappa shape index (κ3) is 4.75. The summed E-state index contributed by atoms with van der Waals surface area (Å²) in [7, 11) is 0. The molecule has 1 aliphatic rings. The van der Waals surface area contributed by atoms with Gasteiger partial charge in [-0.25, -0.2) is 5.43 Å². The molecule has 0 radical (unpaired) electrons. The number of hydrazone groups is 1. The van der Waals surface area contributed by atoms with E-state index in [0.717, 1.165) is 48.3 Å². The van der Waals surface area contributed by atoms with E-state index in [4.69, 9.17) is 0 Å². The van der Waals surface area contributed by atoms with E-state index in [-0.39, 0.29) is 0 Å². The Kier molecular flexibility index (Phi) is 6.52. The first kappa shape index (κ1) is 20.8. The quantitative estimate of drug-likeness (QED) is 0.491. The number of aromatic nitrogens is 1. The lowest BCUT2D eigenvalue weighted by molar-refractivity contribution is -0.145. The number of aryl methyl sites for hydroxylation is 3. The highest BCUT2D eigenvalue weighted by molar-refractivity contribution is 6.35. The number of nitrogens with zero attached hydrogens (tertiary/aromatic N) is 3. The maximum absolute atomic E-state index is 12.3. The number of rotatable bonds is 3. The standard InChI is InChI=1S/C23H30N4O2/c1-16-9-10-21(17(2)13-16)27-18(3)14-20(19(27)4)15-24-25-22(28)23(29)26-11-7-5-6-8-12-26/h9-10,13-15H,5-8,11-12H2,1-4H3,(H,25,28). The van der Waals surface area contributed by atoms with Crippen LogP contribution in [-0.4, -0.2) is 40.6 Å². The monoisotopic (exact) mass is 394 g/mol. The van der Waals surface area contributed by atoms with Crippen LogP contribution in [0.2, 0.25) is 0 Å². The molecule has 0 unspecified atom stereocenters. The average Bonchev–Trinajstić information content (AvgIpc) is 2.87. The zero-order valence-electron chi connectivity index (χ0n) is 17.8. The van der Waals surface area contributed by atoms with Crippen LogP contribution in [0.25, 0.3) is 5.69 Å². The molecule has 1 aromatic carbocycles. The summed E-state index contributed by atoms with van der Waals surface area (Å²) < 4.78 is 2.18. The number of carbonyl (C=O) groups excluding carboxylic acids is 2. The molecule has 0 aliphatic carbocycles. The van der Waals surface area contributed by atoms with Gasteiger partial charge in [-0.1, -0.05) is 30.5 Å². The van der Waals surface area contributed by atoms with Crippen molar-refractivity contribution in [1.29, 1.82) is 0 Å². The fourth-order valence-electron chi connectivity index (χ4n) is 3.97. The van der Waals surface area contributed by atoms with Crippen molar-refractivity contribution in [1.82, 2.24) is 14.9 Å². The number of benzene rings is 1. The fraction of sp³-hybridized carbons (Fsp3) is 0.435. The van der Waals surface area contributed by atoms with Crippen LogP contribution < -0.4 is 5.43 Å². The summed E-state index contributed by atoms with van der Waals surface area (Å²) >= 11 is 0. The van der Waals surface area contributed by atoms with Gasteiger partial charge in [-0.05, 0) is 58.2 Å². The molecule has 1 saturated heterocycles. The normalized spacial score (nSPS) is 14.8. The highest BCUT2D eigenvalue weighted by Crippen LogP contribution is 2.23. The van der Waals surface area contributed by atoms with Gasteiger partial charge in [-0.3, -0.25) is 9.59 Å². The zero-order chi connectivity index (χ0) is 21.0. The first-order valence-corrected chi connectivity index (χ1v) is 10.3. The molecule has 3 rings (SSSR count). The lowest BCUT2D eigenvalue weighted by atomic mass is 10.1. The van der Waals surface area contributed by atoms with E-state index in [1.165, 1.54) is 11.1 Å². The average molecular weight is 395 g/mol. The molecule has 0 atom stereocenters. The Balaban J connectivity index is 1.71. The maximum atomic E-state index is 12.3. The highest BCUT2D eigenvalue weighted by atomic mass is 16.2. The van der Waals surface area contributed by atoms with E-state index in [9.17, 15) is 9.59 Å². The van der Waals surface area contributed by atoms with Crippen molar-refractivity contribution in [3.63, 3.8) is 0 Å². The van der Waals surface area contributed by atoms with Gasteiger partial charge in [0.25, 0.3) is 0 Å². The number of nitrogens with one attached hydrogen (secondary N) is 1. The minimum Gasteiger partial charge on any atom is -0.334 e. The van der Waals surface area contributed by atoms with Gasteiger partial charge in [0, 0.05) is 35.7 Å². The summed E-state index contributed by atoms with van der Waals surface area (Å²) in [4.78, 5) is 26.1. The second-order valence-electron chi connectivity index (χ2n) is 7.86. The molecular weight excluding hydrogens is 364 g/mol. The molecule has 0 bridgehead atoms. The molecule has 6 nitrogen and oxygen atoms in total. The molecule has 2 aromatic rings. The van der Waals surface area contributed by atoms with Crippen LogP contribution in [0.1, 0.15) is 53.8 Å². The minimum atomic E-state index is -0.675. The second-order valence-corrected chi connectivity index (χ2v) is 7.86. The van der Waals surface area contributed by atoms with Crippen molar-refractivity contribution in [2.24, 2.45) is 5.10 Å². The molecule has 2 amide bonds. The van der Waals surface area contributed by atoms with Crippen LogP contribution in [0.4, 0.5) is 0 Å². The second kappa shape index (κ2) is 9.07. The Morgan fingerprint density at radius 2 is 1.69 bits per heavy atom. The molecule has 29 heavy (non-hydrogen) atoms. The van der Waals surface area contributed by atoms with Gasteiger partial charge in [0.2, 0.25) is 0 Å². The van der Waals surface area contributed by atoms with Crippen LogP contribution in [0, 0.1) is 27.7 Å². The lowest BCUT2D eigenvalue weighted by Gasteiger charge is -2.18. The van der Waals surface area contributed by atoms with Crippen LogP contribution >= 0.6 is 0 Å². The molecule has 1 N–H and O–H groups in total. The number of carbonyl (C=O) groups is 2. The van der Waals surface area contributed by atoms with Gasteiger partial charge in [0.15, 0.2) is 0 Å². The highest BCUT2D eigenvalue weighted by Gasteiger charge is 2.22. The summed E-state index contributed by atoms with van der Waals surface area (Å²) in [6.07, 6.45) is 5.73. The molecule has 1 aliphatic heterocycles. The Bertz CT molecular complexity index is 935. The third-order valence-electron chi connectivity index (χ3n) is 5.52. The van der Waals surface area contributed by atoms with Gasteiger partial charge >= 0.3 is 11.8 Å². The first-order chi connectivity index (χ1) is 13.9. The minimum absolute atomic E-state index is 0.496. The fourth-order valence-corrected chi connectivity index (χ4v) is 3.97. The Morgan fingerprint density at radius 1 is 1.00 bits per heavy atom. The molecule has 1 fully saturated rings. The zero-order valence-corrected chi connectivity index (χ0v) is 17.8. The summed E-state index contributed by atoms with van der Waals surface area (Å²) in [5.41, 5.74) is 8.98. The lowest BCUT2D eigenvalue weighted by Crippen LogP contribution is -2.41. The molecule has 1 aromatic heterocycles. The molecular formula is C23H30N4O2. The van der Waals surface area contributed by atoms with E-state index in [0.29, 0.717) is 13.1 Å². The van der Waals surface area contributed by atoms with Gasteiger partial charge in [-0.15, -0.1) is 0 Å². The van der Waals surface area contributed by atoms with E-state index in [1.54, 1.807) is 11.1 Å². The largest absolute Gasteiger partial charge is 0.334 e. The summed E-state index contributed by atoms with van der Waals surface area (Å²) in [6.45, 7) is 9.55. The predicted molar refractivity (Wildman–Crippen MR) is 116 cm³/mol. The number of amides is 2. The van der Waals surface area contributed by atoms with Crippen molar-refractivity contribution in [2.45, 2.75) is 53.4 Å². The molecule has 6 heteroatoms. The summed E-state index contributed by atoms with van der Waals surface area (Å²) in [5, 5.41) is 4.04.